The molecule has 1 aliphatic rings. The van der Waals surface area contributed by atoms with Crippen LogP contribution >= 0.6 is 0 Å². The molecule has 0 radical (unpaired) electrons. The molecule has 6 nitrogen and oxygen atoms in total. The Bertz CT molecular complexity index is 1260. The maximum Gasteiger partial charge on any atom is 0.408 e. The van der Waals surface area contributed by atoms with Crippen molar-refractivity contribution in [2.75, 3.05) is 13.1 Å². The molecular formula is C23H21F5N4O2. The average molecular weight is 480 g/mol. The monoisotopic (exact) mass is 480 g/mol. The van der Waals surface area contributed by atoms with Crippen LogP contribution in [0.4, 0.5) is 22.0 Å². The standard InChI is InChI=1S/C23H21F5N4O2/c1-3-4-5-19-14(2)16(12-34-19)20-15-11-29-17(10-18(15)32(30-20)13-23(26,27)28)21(33)31-8-6-22(24,25)7-9-31/h3-5,10-12H,1,6-9,13H2,2H3/b5-4-. The van der Waals surface area contributed by atoms with Gasteiger partial charge in [-0.1, -0.05) is 18.7 Å². The van der Waals surface area contributed by atoms with Crippen LogP contribution in [0.3, 0.4) is 0 Å². The van der Waals surface area contributed by atoms with E-state index in [0.717, 1.165) is 4.68 Å². The Morgan fingerprint density at radius 1 is 1.29 bits per heavy atom. The summed E-state index contributed by atoms with van der Waals surface area (Å²) in [7, 11) is 0. The lowest BCUT2D eigenvalue weighted by atomic mass is 10.1. The first kappa shape index (κ1) is 23.7. The summed E-state index contributed by atoms with van der Waals surface area (Å²) in [4.78, 5) is 18.2. The van der Waals surface area contributed by atoms with Crippen molar-refractivity contribution in [1.82, 2.24) is 19.7 Å². The van der Waals surface area contributed by atoms with Gasteiger partial charge in [0.2, 0.25) is 0 Å². The fourth-order valence-corrected chi connectivity index (χ4v) is 3.86. The van der Waals surface area contributed by atoms with E-state index in [4.69, 9.17) is 4.42 Å². The number of rotatable bonds is 5. The highest BCUT2D eigenvalue weighted by Crippen LogP contribution is 2.35. The van der Waals surface area contributed by atoms with Crippen molar-refractivity contribution >= 4 is 22.9 Å². The first-order valence-electron chi connectivity index (χ1n) is 10.5. The van der Waals surface area contributed by atoms with Crippen molar-refractivity contribution in [3.63, 3.8) is 0 Å². The predicted molar refractivity (Wildman–Crippen MR) is 115 cm³/mol. The van der Waals surface area contributed by atoms with E-state index >= 15 is 0 Å². The molecule has 0 bridgehead atoms. The second-order valence-corrected chi connectivity index (χ2v) is 8.09. The van der Waals surface area contributed by atoms with E-state index in [1.165, 1.54) is 23.4 Å². The van der Waals surface area contributed by atoms with E-state index in [-0.39, 0.29) is 30.0 Å². The first-order chi connectivity index (χ1) is 16.0. The number of likely N-dealkylation sites (tertiary alicyclic amines) is 1. The number of aromatic nitrogens is 3. The minimum absolute atomic E-state index is 0.0526. The highest BCUT2D eigenvalue weighted by atomic mass is 19.4. The van der Waals surface area contributed by atoms with Gasteiger partial charge in [0, 0.05) is 48.6 Å². The molecule has 0 unspecified atom stereocenters. The number of carbonyl (C=O) groups excluding carboxylic acids is 1. The van der Waals surface area contributed by atoms with Crippen LogP contribution in [0.15, 0.2) is 41.7 Å². The molecule has 1 fully saturated rings. The van der Waals surface area contributed by atoms with E-state index in [9.17, 15) is 26.7 Å². The summed E-state index contributed by atoms with van der Waals surface area (Å²) >= 11 is 0. The maximum absolute atomic E-state index is 13.4. The fraction of sp³-hybridized carbons (Fsp3) is 0.348. The molecule has 0 aliphatic carbocycles. The molecule has 0 atom stereocenters. The zero-order valence-corrected chi connectivity index (χ0v) is 18.2. The summed E-state index contributed by atoms with van der Waals surface area (Å²) in [5.41, 5.74) is 1.28. The molecule has 180 valence electrons. The van der Waals surface area contributed by atoms with Crippen molar-refractivity contribution in [3.05, 3.63) is 54.3 Å². The fourth-order valence-electron chi connectivity index (χ4n) is 3.86. The maximum atomic E-state index is 13.4. The second-order valence-electron chi connectivity index (χ2n) is 8.09. The summed E-state index contributed by atoms with van der Waals surface area (Å²) in [6.45, 7) is 3.63. The number of carbonyl (C=O) groups is 1. The summed E-state index contributed by atoms with van der Waals surface area (Å²) in [5, 5.41) is 4.46. The largest absolute Gasteiger partial charge is 0.464 e. The molecule has 1 saturated heterocycles. The van der Waals surface area contributed by atoms with Crippen LogP contribution in [0, 0.1) is 6.92 Å². The van der Waals surface area contributed by atoms with Crippen LogP contribution < -0.4 is 0 Å². The molecule has 1 aliphatic heterocycles. The number of furan rings is 1. The first-order valence-corrected chi connectivity index (χ1v) is 10.5. The Labute approximate surface area is 191 Å². The van der Waals surface area contributed by atoms with Crippen LogP contribution in [0.1, 0.15) is 34.7 Å². The van der Waals surface area contributed by atoms with Gasteiger partial charge in [-0.3, -0.25) is 14.5 Å². The minimum atomic E-state index is -4.56. The Kier molecular flexibility index (Phi) is 6.05. The van der Waals surface area contributed by atoms with Crippen LogP contribution in [-0.2, 0) is 6.54 Å². The third-order valence-electron chi connectivity index (χ3n) is 5.68. The molecular weight excluding hydrogens is 459 g/mol. The van der Waals surface area contributed by atoms with Crippen LogP contribution in [-0.4, -0.2) is 50.8 Å². The number of nitrogens with zero attached hydrogens (tertiary/aromatic N) is 4. The second kappa shape index (κ2) is 8.69. The summed E-state index contributed by atoms with van der Waals surface area (Å²) in [5.74, 6) is -2.96. The van der Waals surface area contributed by atoms with Crippen LogP contribution in [0.5, 0.6) is 0 Å². The predicted octanol–water partition coefficient (Wildman–Crippen LogP) is 5.63. The summed E-state index contributed by atoms with van der Waals surface area (Å²) < 4.78 is 73.0. The van der Waals surface area contributed by atoms with Crippen LogP contribution in [0.25, 0.3) is 28.2 Å². The van der Waals surface area contributed by atoms with E-state index in [1.807, 2.05) is 0 Å². The Balaban J connectivity index is 1.76. The third kappa shape index (κ3) is 4.73. The average Bonchev–Trinajstić information content (AvgIpc) is 3.30. The van der Waals surface area contributed by atoms with E-state index in [2.05, 4.69) is 16.7 Å². The number of pyridine rings is 1. The van der Waals surface area contributed by atoms with Gasteiger partial charge >= 0.3 is 6.18 Å². The van der Waals surface area contributed by atoms with Crippen molar-refractivity contribution < 1.29 is 31.2 Å². The number of hydrogen-bond donors (Lipinski definition) is 0. The highest BCUT2D eigenvalue weighted by molar-refractivity contribution is 5.99. The molecule has 0 aromatic carbocycles. The SMILES string of the molecule is C=C/C=C\c1occ(-c2nn(CC(F)(F)F)c3cc(C(=O)N4CCC(F)(F)CC4)ncc23)c1C. The van der Waals surface area contributed by atoms with Gasteiger partial charge in [-0.25, -0.2) is 8.78 Å². The molecule has 4 heterocycles. The van der Waals surface area contributed by atoms with Crippen molar-refractivity contribution in [1.29, 1.82) is 0 Å². The number of amides is 1. The normalized spacial score (nSPS) is 16.5. The minimum Gasteiger partial charge on any atom is -0.464 e. The highest BCUT2D eigenvalue weighted by Gasteiger charge is 2.36. The van der Waals surface area contributed by atoms with Gasteiger partial charge < -0.3 is 9.32 Å². The zero-order valence-electron chi connectivity index (χ0n) is 18.2. The summed E-state index contributed by atoms with van der Waals surface area (Å²) in [6, 6.07) is 1.22. The van der Waals surface area contributed by atoms with Gasteiger partial charge in [0.15, 0.2) is 0 Å². The number of fused-ring (bicyclic) bond motifs is 1. The quantitative estimate of drug-likeness (QED) is 0.351. The number of piperidine rings is 1. The van der Waals surface area contributed by atoms with Gasteiger partial charge in [0.25, 0.3) is 11.8 Å². The topological polar surface area (TPSA) is 64.2 Å². The smallest absolute Gasteiger partial charge is 0.408 e. The molecule has 3 aromatic heterocycles. The number of hydrogen-bond acceptors (Lipinski definition) is 4. The Hall–Kier alpha value is -3.50. The molecule has 0 spiro atoms. The van der Waals surface area contributed by atoms with Crippen LogP contribution in [0.2, 0.25) is 0 Å². The van der Waals surface area contributed by atoms with Crippen molar-refractivity contribution in [2.24, 2.45) is 0 Å². The molecule has 34 heavy (non-hydrogen) atoms. The van der Waals surface area contributed by atoms with Crippen molar-refractivity contribution in [2.45, 2.75) is 38.4 Å². The zero-order chi connectivity index (χ0) is 24.7. The number of halogens is 5. The molecule has 0 saturated carbocycles. The number of allylic oxidation sites excluding steroid dienone is 2. The molecule has 1 amide bonds. The van der Waals surface area contributed by atoms with Gasteiger partial charge in [-0.2, -0.15) is 18.3 Å². The van der Waals surface area contributed by atoms with Gasteiger partial charge in [0.1, 0.15) is 30.0 Å². The van der Waals surface area contributed by atoms with E-state index in [1.54, 1.807) is 25.2 Å². The molecule has 4 rings (SSSR count). The van der Waals surface area contributed by atoms with Gasteiger partial charge in [0.05, 0.1) is 5.52 Å². The third-order valence-corrected chi connectivity index (χ3v) is 5.68. The lowest BCUT2D eigenvalue weighted by Gasteiger charge is -2.31. The Morgan fingerprint density at radius 3 is 2.65 bits per heavy atom. The van der Waals surface area contributed by atoms with Gasteiger partial charge in [-0.15, -0.1) is 0 Å². The molecule has 11 heteroatoms. The summed E-state index contributed by atoms with van der Waals surface area (Å²) in [6.07, 6.45) is 2.04. The Morgan fingerprint density at radius 2 is 2.00 bits per heavy atom. The van der Waals surface area contributed by atoms with Crippen molar-refractivity contribution in [3.8, 4) is 11.3 Å². The number of alkyl halides is 5. The molecule has 0 N–H and O–H groups in total. The van der Waals surface area contributed by atoms with Gasteiger partial charge in [-0.05, 0) is 19.1 Å². The van der Waals surface area contributed by atoms with E-state index < -0.39 is 37.4 Å². The lowest BCUT2D eigenvalue weighted by molar-refractivity contribution is -0.141. The lowest BCUT2D eigenvalue weighted by Crippen LogP contribution is -2.43. The van der Waals surface area contributed by atoms with E-state index in [0.29, 0.717) is 22.3 Å². The molecule has 3 aromatic rings.